The molecule has 0 spiro atoms. The van der Waals surface area contributed by atoms with Crippen LogP contribution in [0.1, 0.15) is 34.6 Å². The van der Waals surface area contributed by atoms with Crippen LogP contribution in [-0.2, 0) is 0 Å². The lowest BCUT2D eigenvalue weighted by Crippen LogP contribution is -2.35. The summed E-state index contributed by atoms with van der Waals surface area (Å²) in [6, 6.07) is 0. The molecule has 1 nitrogen and oxygen atoms in total. The van der Waals surface area contributed by atoms with E-state index in [1.165, 1.54) is 0 Å². The third-order valence-corrected chi connectivity index (χ3v) is 3.45. The van der Waals surface area contributed by atoms with E-state index in [-0.39, 0.29) is 5.41 Å². The Kier molecular flexibility index (Phi) is 3.08. The highest BCUT2D eigenvalue weighted by Gasteiger charge is 2.40. The number of allylic oxidation sites excluding steroid dienone is 3. The molecule has 0 bridgehead atoms. The fraction of sp³-hybridized carbons (Fsp3) is 0.692. The molecule has 1 aliphatic carbocycles. The van der Waals surface area contributed by atoms with Gasteiger partial charge in [-0.3, -0.25) is 0 Å². The van der Waals surface area contributed by atoms with Crippen molar-refractivity contribution in [3.63, 3.8) is 0 Å². The molecule has 1 unspecified atom stereocenters. The molecule has 0 radical (unpaired) electrons. The van der Waals surface area contributed by atoms with Gasteiger partial charge in [0, 0.05) is 5.41 Å². The van der Waals surface area contributed by atoms with Crippen LogP contribution in [0.25, 0.3) is 0 Å². The Bertz CT molecular complexity index is 250. The van der Waals surface area contributed by atoms with E-state index in [4.69, 9.17) is 0 Å². The number of hydrogen-bond acceptors (Lipinski definition) is 1. The van der Waals surface area contributed by atoms with Gasteiger partial charge in [-0.15, -0.1) is 0 Å². The van der Waals surface area contributed by atoms with E-state index in [0.29, 0.717) is 23.5 Å². The molecule has 80 valence electrons. The molecule has 0 saturated heterocycles. The highest BCUT2D eigenvalue weighted by atomic mass is 16.3. The molecule has 0 saturated carbocycles. The van der Waals surface area contributed by atoms with Crippen LogP contribution in [0.15, 0.2) is 24.0 Å². The highest BCUT2D eigenvalue weighted by molar-refractivity contribution is 5.26. The molecular formula is C13H22O. The van der Waals surface area contributed by atoms with Crippen molar-refractivity contribution in [1.29, 1.82) is 0 Å². The van der Waals surface area contributed by atoms with E-state index < -0.39 is 0 Å². The fourth-order valence-corrected chi connectivity index (χ4v) is 2.49. The molecule has 1 atom stereocenters. The van der Waals surface area contributed by atoms with Crippen molar-refractivity contribution in [2.75, 3.05) is 0 Å². The molecule has 0 aromatic carbocycles. The molecule has 0 aliphatic heterocycles. The van der Waals surface area contributed by atoms with Gasteiger partial charge in [0.1, 0.15) is 0 Å². The molecular weight excluding hydrogens is 172 g/mol. The van der Waals surface area contributed by atoms with Crippen molar-refractivity contribution in [1.82, 2.24) is 0 Å². The Labute approximate surface area is 87.5 Å². The molecule has 0 aromatic rings. The summed E-state index contributed by atoms with van der Waals surface area (Å²) in [5.41, 5.74) is -0.146. The summed E-state index contributed by atoms with van der Waals surface area (Å²) in [4.78, 5) is 0. The third-order valence-electron chi connectivity index (χ3n) is 3.45. The van der Waals surface area contributed by atoms with Crippen LogP contribution in [0.2, 0.25) is 0 Å². The smallest absolute Gasteiger partial charge is 0.0993 e. The lowest BCUT2D eigenvalue weighted by Gasteiger charge is -2.40. The van der Waals surface area contributed by atoms with Crippen molar-refractivity contribution in [3.8, 4) is 0 Å². The average molecular weight is 194 g/mol. The van der Waals surface area contributed by atoms with E-state index in [2.05, 4.69) is 46.8 Å². The van der Waals surface area contributed by atoms with E-state index >= 15 is 0 Å². The molecule has 1 N–H and O–H groups in total. The maximum absolute atomic E-state index is 10.1. The van der Waals surface area contributed by atoms with Gasteiger partial charge >= 0.3 is 0 Å². The number of hydrogen-bond donors (Lipinski definition) is 1. The second kappa shape index (κ2) is 3.80. The van der Waals surface area contributed by atoms with Crippen LogP contribution in [0.5, 0.6) is 0 Å². The summed E-state index contributed by atoms with van der Waals surface area (Å²) in [6.45, 7) is 10.8. The van der Waals surface area contributed by atoms with Crippen LogP contribution in [0, 0.1) is 23.2 Å². The molecule has 0 fully saturated rings. The first-order valence-electron chi connectivity index (χ1n) is 5.52. The van der Waals surface area contributed by atoms with Gasteiger partial charge in [-0.25, -0.2) is 0 Å². The molecule has 14 heavy (non-hydrogen) atoms. The maximum atomic E-state index is 10.1. The zero-order chi connectivity index (χ0) is 10.9. The van der Waals surface area contributed by atoms with Crippen molar-refractivity contribution >= 4 is 0 Å². The fourth-order valence-electron chi connectivity index (χ4n) is 2.49. The minimum Gasteiger partial charge on any atom is -0.512 e. The van der Waals surface area contributed by atoms with Crippen molar-refractivity contribution in [2.24, 2.45) is 23.2 Å². The van der Waals surface area contributed by atoms with E-state index in [9.17, 15) is 5.11 Å². The molecule has 0 heterocycles. The maximum Gasteiger partial charge on any atom is 0.0993 e. The Morgan fingerprint density at radius 2 is 1.71 bits per heavy atom. The number of aliphatic hydroxyl groups excluding tert-OH is 1. The summed E-state index contributed by atoms with van der Waals surface area (Å²) in [5.74, 6) is 1.78. The Hall–Kier alpha value is -0.720. The third kappa shape index (κ3) is 1.60. The predicted molar refractivity (Wildman–Crippen MR) is 61.1 cm³/mol. The zero-order valence-electron chi connectivity index (χ0n) is 9.91. The van der Waals surface area contributed by atoms with Gasteiger partial charge in [0.25, 0.3) is 0 Å². The first-order valence-corrected chi connectivity index (χ1v) is 5.52. The van der Waals surface area contributed by atoms with Gasteiger partial charge < -0.3 is 5.11 Å². The lowest BCUT2D eigenvalue weighted by molar-refractivity contribution is 0.143. The van der Waals surface area contributed by atoms with Gasteiger partial charge in [-0.05, 0) is 23.8 Å². The second-order valence-corrected chi connectivity index (χ2v) is 5.01. The van der Waals surface area contributed by atoms with Crippen LogP contribution in [-0.4, -0.2) is 5.11 Å². The lowest BCUT2D eigenvalue weighted by atomic mass is 9.65. The predicted octanol–water partition coefficient (Wildman–Crippen LogP) is 3.93. The quantitative estimate of drug-likeness (QED) is 0.660. The Balaban J connectivity index is 3.12. The van der Waals surface area contributed by atoms with Gasteiger partial charge in [0.2, 0.25) is 0 Å². The second-order valence-electron chi connectivity index (χ2n) is 5.01. The van der Waals surface area contributed by atoms with Gasteiger partial charge in [-0.2, -0.15) is 0 Å². The molecule has 1 heteroatoms. The van der Waals surface area contributed by atoms with E-state index in [0.717, 1.165) is 0 Å². The monoisotopic (exact) mass is 194 g/mol. The van der Waals surface area contributed by atoms with Crippen molar-refractivity contribution in [2.45, 2.75) is 34.6 Å². The minimum absolute atomic E-state index is 0.146. The highest BCUT2D eigenvalue weighted by Crippen LogP contribution is 2.45. The average Bonchev–Trinajstić information content (AvgIpc) is 2.02. The Morgan fingerprint density at radius 3 is 2.07 bits per heavy atom. The van der Waals surface area contributed by atoms with Gasteiger partial charge in [-0.1, -0.05) is 46.8 Å². The van der Waals surface area contributed by atoms with E-state index in [1.807, 2.05) is 6.08 Å². The SMILES string of the molecule is CC1C=CC(C(C)C)(C(C)C)C(O)=C1. The van der Waals surface area contributed by atoms with Crippen LogP contribution in [0.4, 0.5) is 0 Å². The van der Waals surface area contributed by atoms with Crippen molar-refractivity contribution < 1.29 is 5.11 Å². The van der Waals surface area contributed by atoms with Gasteiger partial charge in [0.05, 0.1) is 5.76 Å². The standard InChI is InChI=1S/C13H22O/c1-9(2)13(10(3)4)7-6-11(5)8-12(13)14/h6-11,14H,1-5H3. The zero-order valence-corrected chi connectivity index (χ0v) is 9.91. The van der Waals surface area contributed by atoms with E-state index in [1.54, 1.807) is 0 Å². The molecule has 1 rings (SSSR count). The Morgan fingerprint density at radius 1 is 1.21 bits per heavy atom. The topological polar surface area (TPSA) is 20.2 Å². The summed E-state index contributed by atoms with van der Waals surface area (Å²) < 4.78 is 0. The number of aliphatic hydroxyl groups is 1. The minimum atomic E-state index is -0.146. The number of rotatable bonds is 2. The normalized spacial score (nSPS) is 25.6. The summed E-state index contributed by atoms with van der Waals surface area (Å²) >= 11 is 0. The van der Waals surface area contributed by atoms with Crippen molar-refractivity contribution in [3.05, 3.63) is 24.0 Å². The molecule has 0 aromatic heterocycles. The van der Waals surface area contributed by atoms with Crippen LogP contribution < -0.4 is 0 Å². The van der Waals surface area contributed by atoms with Crippen LogP contribution in [0.3, 0.4) is 0 Å². The largest absolute Gasteiger partial charge is 0.512 e. The molecule has 1 aliphatic rings. The molecule has 0 amide bonds. The first-order chi connectivity index (χ1) is 6.41. The summed E-state index contributed by atoms with van der Waals surface area (Å²) in [6.07, 6.45) is 6.36. The van der Waals surface area contributed by atoms with Gasteiger partial charge in [0.15, 0.2) is 0 Å². The first kappa shape index (κ1) is 11.4. The van der Waals surface area contributed by atoms with Crippen LogP contribution >= 0.6 is 0 Å². The summed E-state index contributed by atoms with van der Waals surface area (Å²) in [7, 11) is 0. The summed E-state index contributed by atoms with van der Waals surface area (Å²) in [5, 5.41) is 10.1.